The van der Waals surface area contributed by atoms with Gasteiger partial charge < -0.3 is 5.11 Å². The lowest BCUT2D eigenvalue weighted by Gasteiger charge is -2.31. The summed E-state index contributed by atoms with van der Waals surface area (Å²) in [7, 11) is -3.58. The first-order valence-corrected chi connectivity index (χ1v) is 9.51. The normalized spacial score (nSPS) is 26.8. The third kappa shape index (κ3) is 4.28. The average Bonchev–Trinajstić information content (AvgIpc) is 2.37. The third-order valence-corrected chi connectivity index (χ3v) is 6.48. The Hall–Kier alpha value is -0.430. The average molecular weight is 376 g/mol. The van der Waals surface area contributed by atoms with Gasteiger partial charge in [-0.05, 0) is 64.7 Å². The molecule has 0 spiro atoms. The number of halogens is 1. The fraction of sp³-hybridized carbons (Fsp3) is 0.600. The van der Waals surface area contributed by atoms with Gasteiger partial charge in [-0.15, -0.1) is 0 Å². The highest BCUT2D eigenvalue weighted by atomic mass is 79.9. The van der Waals surface area contributed by atoms with Crippen LogP contribution in [0.5, 0.6) is 0 Å². The van der Waals surface area contributed by atoms with E-state index in [0.29, 0.717) is 21.9 Å². The van der Waals surface area contributed by atoms with E-state index in [4.69, 9.17) is 0 Å². The van der Waals surface area contributed by atoms with Crippen LogP contribution in [0.25, 0.3) is 0 Å². The standard InChI is InChI=1S/C15H22BrNO3S/c1-10-5-11(2)7-13(6-10)17-21(19,20)15-8-12(9-18)3-4-14(15)16/h3-4,8,10-11,13,17-18H,5-7,9H2,1-2H3. The Morgan fingerprint density at radius 2 is 1.86 bits per heavy atom. The van der Waals surface area contributed by atoms with Crippen molar-refractivity contribution < 1.29 is 13.5 Å². The molecule has 1 saturated carbocycles. The number of hydrogen-bond donors (Lipinski definition) is 2. The number of hydrogen-bond acceptors (Lipinski definition) is 3. The molecule has 4 nitrogen and oxygen atoms in total. The zero-order chi connectivity index (χ0) is 15.6. The maximum absolute atomic E-state index is 12.6. The molecule has 2 atom stereocenters. The lowest BCUT2D eigenvalue weighted by atomic mass is 9.81. The van der Waals surface area contributed by atoms with Crippen LogP contribution in [0.15, 0.2) is 27.6 Å². The molecule has 6 heteroatoms. The second-order valence-corrected chi connectivity index (χ2v) is 8.70. The predicted molar refractivity (Wildman–Crippen MR) is 86.4 cm³/mol. The zero-order valence-electron chi connectivity index (χ0n) is 12.3. The van der Waals surface area contributed by atoms with Gasteiger partial charge in [-0.1, -0.05) is 19.9 Å². The molecule has 2 N–H and O–H groups in total. The zero-order valence-corrected chi connectivity index (χ0v) is 14.7. The van der Waals surface area contributed by atoms with E-state index in [1.807, 2.05) is 0 Å². The van der Waals surface area contributed by atoms with Gasteiger partial charge in [-0.2, -0.15) is 0 Å². The van der Waals surface area contributed by atoms with Crippen LogP contribution in [0, 0.1) is 11.8 Å². The van der Waals surface area contributed by atoms with Gasteiger partial charge in [0.2, 0.25) is 10.0 Å². The Bertz CT molecular complexity index is 593. The van der Waals surface area contributed by atoms with Crippen molar-refractivity contribution in [1.29, 1.82) is 0 Å². The van der Waals surface area contributed by atoms with Gasteiger partial charge in [0.1, 0.15) is 0 Å². The van der Waals surface area contributed by atoms with Crippen LogP contribution < -0.4 is 4.72 Å². The molecular weight excluding hydrogens is 354 g/mol. The van der Waals surface area contributed by atoms with Crippen LogP contribution in [0.2, 0.25) is 0 Å². The quantitative estimate of drug-likeness (QED) is 0.849. The van der Waals surface area contributed by atoms with E-state index in [0.717, 1.165) is 19.3 Å². The summed E-state index contributed by atoms with van der Waals surface area (Å²) in [5.41, 5.74) is 0.587. The number of nitrogens with one attached hydrogen (secondary N) is 1. The van der Waals surface area contributed by atoms with Crippen molar-refractivity contribution in [2.75, 3.05) is 0 Å². The van der Waals surface area contributed by atoms with E-state index in [-0.39, 0.29) is 17.5 Å². The van der Waals surface area contributed by atoms with Crippen LogP contribution in [0.4, 0.5) is 0 Å². The maximum atomic E-state index is 12.6. The lowest BCUT2D eigenvalue weighted by molar-refractivity contribution is 0.257. The van der Waals surface area contributed by atoms with E-state index in [1.54, 1.807) is 12.1 Å². The highest BCUT2D eigenvalue weighted by molar-refractivity contribution is 9.10. The monoisotopic (exact) mass is 375 g/mol. The minimum absolute atomic E-state index is 0.0153. The summed E-state index contributed by atoms with van der Waals surface area (Å²) >= 11 is 3.28. The minimum atomic E-state index is -3.58. The first-order valence-electron chi connectivity index (χ1n) is 7.23. The van der Waals surface area contributed by atoms with Gasteiger partial charge in [-0.3, -0.25) is 0 Å². The minimum Gasteiger partial charge on any atom is -0.392 e. The van der Waals surface area contributed by atoms with Gasteiger partial charge in [0.15, 0.2) is 0 Å². The fourth-order valence-electron chi connectivity index (χ4n) is 3.18. The molecule has 1 aromatic carbocycles. The summed E-state index contributed by atoms with van der Waals surface area (Å²) in [6.07, 6.45) is 2.91. The number of benzene rings is 1. The Balaban J connectivity index is 2.22. The molecule has 2 rings (SSSR count). The van der Waals surface area contributed by atoms with E-state index >= 15 is 0 Å². The van der Waals surface area contributed by atoms with Gasteiger partial charge in [0.25, 0.3) is 0 Å². The number of sulfonamides is 1. The number of aliphatic hydroxyl groups excluding tert-OH is 1. The highest BCUT2D eigenvalue weighted by Gasteiger charge is 2.28. The summed E-state index contributed by atoms with van der Waals surface area (Å²) in [5.74, 6) is 1.07. The van der Waals surface area contributed by atoms with Crippen molar-refractivity contribution in [3.63, 3.8) is 0 Å². The predicted octanol–water partition coefficient (Wildman–Crippen LogP) is 3.04. The molecule has 0 amide bonds. The Morgan fingerprint density at radius 1 is 1.24 bits per heavy atom. The second-order valence-electron chi connectivity index (χ2n) is 6.16. The molecule has 1 aliphatic rings. The first-order chi connectivity index (χ1) is 9.81. The summed E-state index contributed by atoms with van der Waals surface area (Å²) in [4.78, 5) is 0.194. The fourth-order valence-corrected chi connectivity index (χ4v) is 5.45. The Kier molecular flexibility index (Phi) is 5.46. The second kappa shape index (κ2) is 6.77. The highest BCUT2D eigenvalue weighted by Crippen LogP contribution is 2.30. The van der Waals surface area contributed by atoms with Gasteiger partial charge >= 0.3 is 0 Å². The number of rotatable bonds is 4. The topological polar surface area (TPSA) is 66.4 Å². The molecule has 2 unspecified atom stereocenters. The smallest absolute Gasteiger partial charge is 0.241 e. The van der Waals surface area contributed by atoms with Crippen LogP contribution in [-0.2, 0) is 16.6 Å². The molecule has 0 radical (unpaired) electrons. The van der Waals surface area contributed by atoms with Gasteiger partial charge in [0, 0.05) is 10.5 Å². The molecule has 0 aliphatic heterocycles. The lowest BCUT2D eigenvalue weighted by Crippen LogP contribution is -2.40. The Morgan fingerprint density at radius 3 is 2.43 bits per heavy atom. The molecular formula is C15H22BrNO3S. The van der Waals surface area contributed by atoms with Crippen molar-refractivity contribution >= 4 is 26.0 Å². The molecule has 0 heterocycles. The van der Waals surface area contributed by atoms with E-state index in [9.17, 15) is 13.5 Å². The van der Waals surface area contributed by atoms with Crippen molar-refractivity contribution in [3.05, 3.63) is 28.2 Å². The third-order valence-electron chi connectivity index (χ3n) is 3.97. The van der Waals surface area contributed by atoms with Crippen molar-refractivity contribution in [1.82, 2.24) is 4.72 Å². The maximum Gasteiger partial charge on any atom is 0.241 e. The van der Waals surface area contributed by atoms with Crippen molar-refractivity contribution in [3.8, 4) is 0 Å². The van der Waals surface area contributed by atoms with Crippen LogP contribution in [0.1, 0.15) is 38.7 Å². The summed E-state index contributed by atoms with van der Waals surface area (Å²) in [5, 5.41) is 9.18. The first kappa shape index (κ1) is 16.9. The van der Waals surface area contributed by atoms with Crippen LogP contribution in [0.3, 0.4) is 0 Å². The summed E-state index contributed by atoms with van der Waals surface area (Å²) in [6, 6.07) is 4.86. The molecule has 0 saturated heterocycles. The van der Waals surface area contributed by atoms with Crippen LogP contribution in [-0.4, -0.2) is 19.6 Å². The molecule has 1 aromatic rings. The SMILES string of the molecule is CC1CC(C)CC(NS(=O)(=O)c2cc(CO)ccc2Br)C1. The molecule has 118 valence electrons. The summed E-state index contributed by atoms with van der Waals surface area (Å²) in [6.45, 7) is 4.16. The van der Waals surface area contributed by atoms with E-state index < -0.39 is 10.0 Å². The largest absolute Gasteiger partial charge is 0.392 e. The van der Waals surface area contributed by atoms with E-state index in [1.165, 1.54) is 6.07 Å². The van der Waals surface area contributed by atoms with E-state index in [2.05, 4.69) is 34.5 Å². The molecule has 0 bridgehead atoms. The van der Waals surface area contributed by atoms with Crippen molar-refractivity contribution in [2.24, 2.45) is 11.8 Å². The van der Waals surface area contributed by atoms with Crippen molar-refractivity contribution in [2.45, 2.75) is 50.7 Å². The molecule has 1 aliphatic carbocycles. The van der Waals surface area contributed by atoms with Gasteiger partial charge in [-0.25, -0.2) is 13.1 Å². The number of aliphatic hydroxyl groups is 1. The summed E-state index contributed by atoms with van der Waals surface area (Å²) < 4.78 is 28.5. The molecule has 1 fully saturated rings. The Labute approximate surface area is 135 Å². The van der Waals surface area contributed by atoms with Gasteiger partial charge in [0.05, 0.1) is 11.5 Å². The molecule has 0 aromatic heterocycles. The van der Waals surface area contributed by atoms with Crippen LogP contribution >= 0.6 is 15.9 Å². The molecule has 21 heavy (non-hydrogen) atoms.